The molecule has 4 aromatic carbocycles. The molecule has 0 bridgehead atoms. The maximum absolute atomic E-state index is 13.4. The van der Waals surface area contributed by atoms with E-state index in [1.807, 2.05) is 68.4 Å². The number of aromatic nitrogens is 1. The molecule has 2 heterocycles. The number of allylic oxidation sites excluding steroid dienone is 2. The van der Waals surface area contributed by atoms with Gasteiger partial charge in [-0.3, -0.25) is 9.59 Å². The Balaban J connectivity index is 1.46. The smallest absolute Gasteiger partial charge is 0.286 e. The van der Waals surface area contributed by atoms with E-state index in [-0.39, 0.29) is 0 Å². The number of hydroxylamine groups is 2. The van der Waals surface area contributed by atoms with Crippen molar-refractivity contribution in [3.05, 3.63) is 113 Å². The van der Waals surface area contributed by atoms with Gasteiger partial charge in [-0.05, 0) is 62.7 Å². The van der Waals surface area contributed by atoms with Crippen LogP contribution < -0.4 is 0 Å². The molecule has 1 aliphatic rings. The quantitative estimate of drug-likeness (QED) is 0.181. The van der Waals surface area contributed by atoms with Crippen molar-refractivity contribution in [3.8, 4) is 5.69 Å². The Bertz CT molecular complexity index is 1730. The lowest BCUT2D eigenvalue weighted by molar-refractivity contribution is -0.00752. The predicted molar refractivity (Wildman–Crippen MR) is 149 cm³/mol. The Morgan fingerprint density at radius 2 is 1.54 bits per heavy atom. The van der Waals surface area contributed by atoms with Crippen molar-refractivity contribution in [2.75, 3.05) is 0 Å². The molecule has 2 amide bonds. The van der Waals surface area contributed by atoms with Crippen molar-refractivity contribution in [2.45, 2.75) is 25.7 Å². The summed E-state index contributed by atoms with van der Waals surface area (Å²) >= 11 is 0.991. The minimum atomic E-state index is -0.470. The molecule has 1 aromatic heterocycles. The van der Waals surface area contributed by atoms with Crippen molar-refractivity contribution in [1.29, 1.82) is 0 Å². The number of para-hydroxylation sites is 1. The predicted octanol–water partition coefficient (Wildman–Crippen LogP) is 7.75. The molecule has 0 saturated carbocycles. The van der Waals surface area contributed by atoms with Gasteiger partial charge in [0.1, 0.15) is 0 Å². The Kier molecular flexibility index (Phi) is 5.71. The highest BCUT2D eigenvalue weighted by Crippen LogP contribution is 2.37. The van der Waals surface area contributed by atoms with E-state index in [0.717, 1.165) is 55.1 Å². The number of fused-ring (bicyclic) bond motifs is 1. The van der Waals surface area contributed by atoms with Gasteiger partial charge in [-0.25, -0.2) is 0 Å². The molecular weight excluding hydrogens is 480 g/mol. The Morgan fingerprint density at radius 3 is 2.30 bits per heavy atom. The average molecular weight is 505 g/mol. The maximum atomic E-state index is 13.4. The van der Waals surface area contributed by atoms with Crippen LogP contribution in [0.2, 0.25) is 0 Å². The standard InChI is InChI=1S/C31H24N2O3S/c1-4-20(3)26-18-32(27-11-6-5-8-22(26)27)28-17-16-25-29-23(28)9-7-10-24(29)30(34)33(31(25)35)36-37-21-14-12-19(2)13-15-21/h4-18H,1-3H3/b20-4+. The zero-order valence-corrected chi connectivity index (χ0v) is 21.5. The van der Waals surface area contributed by atoms with Crippen LogP contribution in [0, 0.1) is 6.92 Å². The normalized spacial score (nSPS) is 13.7. The number of nitrogens with zero attached hydrogens (tertiary/aromatic N) is 2. The minimum Gasteiger partial charge on any atom is -0.315 e. The van der Waals surface area contributed by atoms with Gasteiger partial charge in [0.2, 0.25) is 0 Å². The minimum absolute atomic E-state index is 0.444. The second kappa shape index (κ2) is 9.07. The van der Waals surface area contributed by atoms with Crippen LogP contribution >= 0.6 is 12.0 Å². The molecule has 0 unspecified atom stereocenters. The van der Waals surface area contributed by atoms with Crippen molar-refractivity contribution < 1.29 is 13.9 Å². The van der Waals surface area contributed by atoms with Gasteiger partial charge in [0.05, 0.1) is 34.4 Å². The zero-order chi connectivity index (χ0) is 25.7. The van der Waals surface area contributed by atoms with Crippen LogP contribution in [0.5, 0.6) is 0 Å². The summed E-state index contributed by atoms with van der Waals surface area (Å²) in [4.78, 5) is 27.7. The molecule has 5 nitrogen and oxygen atoms in total. The summed E-state index contributed by atoms with van der Waals surface area (Å²) in [7, 11) is 0. The first-order valence-corrected chi connectivity index (χ1v) is 12.8. The third-order valence-corrected chi connectivity index (χ3v) is 7.59. The van der Waals surface area contributed by atoms with Gasteiger partial charge in [-0.2, -0.15) is 4.28 Å². The van der Waals surface area contributed by atoms with Crippen molar-refractivity contribution in [3.63, 3.8) is 0 Å². The third-order valence-electron chi connectivity index (χ3n) is 6.91. The monoisotopic (exact) mass is 504 g/mol. The summed E-state index contributed by atoms with van der Waals surface area (Å²) in [6.07, 6.45) is 4.23. The molecule has 6 rings (SSSR count). The molecule has 5 aromatic rings. The Hall–Kier alpha value is -4.13. The molecule has 0 atom stereocenters. The Morgan fingerprint density at radius 1 is 0.838 bits per heavy atom. The largest absolute Gasteiger partial charge is 0.315 e. The van der Waals surface area contributed by atoms with Gasteiger partial charge in [-0.1, -0.05) is 54.1 Å². The van der Waals surface area contributed by atoms with Gasteiger partial charge in [0.15, 0.2) is 0 Å². The molecule has 0 spiro atoms. The number of hydrogen-bond donors (Lipinski definition) is 0. The molecule has 1 aliphatic heterocycles. The van der Waals surface area contributed by atoms with Crippen LogP contribution in [0.3, 0.4) is 0 Å². The van der Waals surface area contributed by atoms with Gasteiger partial charge in [-0.15, -0.1) is 5.06 Å². The van der Waals surface area contributed by atoms with E-state index in [0.29, 0.717) is 16.5 Å². The van der Waals surface area contributed by atoms with Gasteiger partial charge < -0.3 is 4.57 Å². The number of rotatable bonds is 5. The number of benzene rings is 4. The average Bonchev–Trinajstić information content (AvgIpc) is 3.31. The van der Waals surface area contributed by atoms with Crippen LogP contribution in [0.15, 0.2) is 96.0 Å². The highest BCUT2D eigenvalue weighted by atomic mass is 32.2. The van der Waals surface area contributed by atoms with Crippen molar-refractivity contribution in [2.24, 2.45) is 0 Å². The maximum Gasteiger partial charge on any atom is 0.286 e. The van der Waals surface area contributed by atoms with Crippen LogP contribution in [0.25, 0.3) is 32.9 Å². The van der Waals surface area contributed by atoms with Crippen LogP contribution in [0.1, 0.15) is 45.7 Å². The Labute approximate surface area is 219 Å². The lowest BCUT2D eigenvalue weighted by Crippen LogP contribution is -2.38. The van der Waals surface area contributed by atoms with Crippen molar-refractivity contribution in [1.82, 2.24) is 9.63 Å². The summed E-state index contributed by atoms with van der Waals surface area (Å²) in [5, 5.41) is 3.50. The van der Waals surface area contributed by atoms with Crippen LogP contribution in [-0.2, 0) is 4.28 Å². The number of carbonyl (C=O) groups excluding carboxylic acids is 2. The lowest BCUT2D eigenvalue weighted by atomic mass is 9.94. The fourth-order valence-electron chi connectivity index (χ4n) is 4.86. The van der Waals surface area contributed by atoms with E-state index in [1.165, 1.54) is 5.57 Å². The molecule has 0 saturated heterocycles. The van der Waals surface area contributed by atoms with Crippen molar-refractivity contribution >= 4 is 51.1 Å². The number of imide groups is 1. The number of amides is 2. The highest BCUT2D eigenvalue weighted by molar-refractivity contribution is 7.94. The molecule has 0 aliphatic carbocycles. The van der Waals surface area contributed by atoms with E-state index in [2.05, 4.69) is 35.9 Å². The molecule has 182 valence electrons. The fraction of sp³-hybridized carbons (Fsp3) is 0.0968. The summed E-state index contributed by atoms with van der Waals surface area (Å²) in [6, 6.07) is 25.3. The number of aryl methyl sites for hydroxylation is 1. The van der Waals surface area contributed by atoms with E-state index < -0.39 is 11.8 Å². The zero-order valence-electron chi connectivity index (χ0n) is 20.7. The highest BCUT2D eigenvalue weighted by Gasteiger charge is 2.35. The first kappa shape index (κ1) is 23.3. The third kappa shape index (κ3) is 3.77. The van der Waals surface area contributed by atoms with E-state index in [4.69, 9.17) is 4.28 Å². The molecule has 0 fully saturated rings. The topological polar surface area (TPSA) is 51.5 Å². The lowest BCUT2D eigenvalue weighted by Gasteiger charge is -2.26. The van der Waals surface area contributed by atoms with E-state index in [9.17, 15) is 9.59 Å². The molecular formula is C31H24N2O3S. The van der Waals surface area contributed by atoms with Gasteiger partial charge in [0.25, 0.3) is 11.8 Å². The summed E-state index contributed by atoms with van der Waals surface area (Å²) < 4.78 is 7.82. The number of hydrogen-bond acceptors (Lipinski definition) is 4. The second-order valence-electron chi connectivity index (χ2n) is 9.14. The second-order valence-corrected chi connectivity index (χ2v) is 9.92. The first-order chi connectivity index (χ1) is 18.0. The summed E-state index contributed by atoms with van der Waals surface area (Å²) in [5.41, 5.74) is 6.32. The molecule has 37 heavy (non-hydrogen) atoms. The van der Waals surface area contributed by atoms with Gasteiger partial charge >= 0.3 is 0 Å². The van der Waals surface area contributed by atoms with Gasteiger partial charge in [0, 0.05) is 32.8 Å². The summed E-state index contributed by atoms with van der Waals surface area (Å²) in [5.74, 6) is -0.939. The fourth-order valence-corrected chi connectivity index (χ4v) is 5.40. The molecule has 0 radical (unpaired) electrons. The van der Waals surface area contributed by atoms with Crippen LogP contribution in [-0.4, -0.2) is 21.4 Å². The van der Waals surface area contributed by atoms with E-state index >= 15 is 0 Å². The SMILES string of the molecule is C/C=C(\C)c1cn(-c2ccc3c4c(cccc24)C(=O)N(OSc2ccc(C)cc2)C3=O)c2ccccc12. The van der Waals surface area contributed by atoms with E-state index in [1.54, 1.807) is 12.1 Å². The summed E-state index contributed by atoms with van der Waals surface area (Å²) in [6.45, 7) is 6.13. The molecule has 0 N–H and O–H groups in total. The molecule has 6 heteroatoms. The number of carbonyl (C=O) groups is 2. The first-order valence-electron chi connectivity index (χ1n) is 12.1. The van der Waals surface area contributed by atoms with Crippen LogP contribution in [0.4, 0.5) is 0 Å².